The number of nitrogens with one attached hydrogen (secondary N) is 1. The van der Waals surface area contributed by atoms with Crippen molar-refractivity contribution in [1.29, 1.82) is 0 Å². The molecule has 4 rings (SSSR count). The lowest BCUT2D eigenvalue weighted by Gasteiger charge is -2.18. The Balaban J connectivity index is 1.67. The third-order valence-corrected chi connectivity index (χ3v) is 6.39. The number of sulfonamides is 1. The van der Waals surface area contributed by atoms with Crippen LogP contribution in [-0.2, 0) is 14.8 Å². The summed E-state index contributed by atoms with van der Waals surface area (Å²) < 4.78 is 26.8. The summed E-state index contributed by atoms with van der Waals surface area (Å²) in [4.78, 5) is 23.3. The molecule has 0 spiro atoms. The van der Waals surface area contributed by atoms with Gasteiger partial charge < -0.3 is 5.32 Å². The quantitative estimate of drug-likeness (QED) is 0.537. The van der Waals surface area contributed by atoms with Crippen molar-refractivity contribution in [3.05, 3.63) is 70.3 Å². The lowest BCUT2D eigenvalue weighted by molar-refractivity contribution is -0.384. The first-order valence-electron chi connectivity index (χ1n) is 8.38. The number of anilines is 2. The Hall–Kier alpha value is -3.46. The van der Waals surface area contributed by atoms with Crippen LogP contribution in [0.5, 0.6) is 0 Å². The predicted octanol–water partition coefficient (Wildman–Crippen LogP) is 3.20. The molecule has 0 atom stereocenters. The highest BCUT2D eigenvalue weighted by molar-refractivity contribution is 7.93. The smallest absolute Gasteiger partial charge is 0.293 e. The van der Waals surface area contributed by atoms with Crippen molar-refractivity contribution in [3.8, 4) is 0 Å². The van der Waals surface area contributed by atoms with E-state index in [-0.39, 0.29) is 16.3 Å². The molecule has 3 aromatic carbocycles. The second-order valence-electron chi connectivity index (χ2n) is 6.47. The second kappa shape index (κ2) is 6.31. The number of carbonyl (C=O) groups excluding carboxylic acids is 1. The van der Waals surface area contributed by atoms with E-state index in [0.29, 0.717) is 16.6 Å². The van der Waals surface area contributed by atoms with E-state index in [1.807, 2.05) is 0 Å². The van der Waals surface area contributed by atoms with E-state index in [1.165, 1.54) is 18.2 Å². The molecule has 8 nitrogen and oxygen atoms in total. The Morgan fingerprint density at radius 3 is 2.57 bits per heavy atom. The first-order valence-corrected chi connectivity index (χ1v) is 9.82. The van der Waals surface area contributed by atoms with Crippen LogP contribution in [0.25, 0.3) is 10.8 Å². The van der Waals surface area contributed by atoms with Crippen LogP contribution in [-0.4, -0.2) is 25.8 Å². The highest BCUT2D eigenvalue weighted by Gasteiger charge is 2.36. The number of nitrogens with zero attached hydrogens (tertiary/aromatic N) is 2. The lowest BCUT2D eigenvalue weighted by atomic mass is 10.1. The molecular formula is C19H15N3O5S. The molecule has 3 aromatic rings. The van der Waals surface area contributed by atoms with Crippen LogP contribution in [0.1, 0.15) is 5.56 Å². The molecule has 0 saturated heterocycles. The number of amides is 1. The van der Waals surface area contributed by atoms with Gasteiger partial charge >= 0.3 is 0 Å². The molecule has 1 heterocycles. The average Bonchev–Trinajstić information content (AvgIpc) is 2.86. The molecule has 1 aliphatic heterocycles. The van der Waals surface area contributed by atoms with Crippen molar-refractivity contribution in [2.75, 3.05) is 16.2 Å². The fourth-order valence-corrected chi connectivity index (χ4v) is 5.01. The van der Waals surface area contributed by atoms with Crippen molar-refractivity contribution in [1.82, 2.24) is 0 Å². The van der Waals surface area contributed by atoms with Gasteiger partial charge in [0, 0.05) is 11.5 Å². The third kappa shape index (κ3) is 2.76. The maximum Gasteiger partial charge on any atom is 0.293 e. The van der Waals surface area contributed by atoms with Crippen molar-refractivity contribution in [3.63, 3.8) is 0 Å². The van der Waals surface area contributed by atoms with Crippen LogP contribution >= 0.6 is 0 Å². The van der Waals surface area contributed by atoms with Gasteiger partial charge in [0.15, 0.2) is 0 Å². The minimum atomic E-state index is -3.88. The molecule has 0 fully saturated rings. The number of benzene rings is 3. The molecule has 1 aliphatic rings. The number of nitro benzene ring substituents is 1. The summed E-state index contributed by atoms with van der Waals surface area (Å²) in [5.41, 5.74) is 0.867. The standard InChI is InChI=1S/C19H15N3O5S/c1-12-8-9-14(16(10-12)22(24)25)20-18(23)11-21-15-6-2-4-13-5-3-7-17(19(13)15)28(21,26)27/h2-10H,11H2,1H3,(H,20,23). The summed E-state index contributed by atoms with van der Waals surface area (Å²) >= 11 is 0. The van der Waals surface area contributed by atoms with Crippen LogP contribution < -0.4 is 9.62 Å². The third-order valence-electron chi connectivity index (χ3n) is 4.59. The zero-order valence-electron chi connectivity index (χ0n) is 14.7. The van der Waals surface area contributed by atoms with E-state index < -0.39 is 27.4 Å². The number of nitro groups is 1. The zero-order valence-corrected chi connectivity index (χ0v) is 15.6. The van der Waals surface area contributed by atoms with E-state index in [4.69, 9.17) is 0 Å². The van der Waals surface area contributed by atoms with Crippen molar-refractivity contribution in [2.24, 2.45) is 0 Å². The van der Waals surface area contributed by atoms with E-state index in [2.05, 4.69) is 5.32 Å². The topological polar surface area (TPSA) is 110 Å². The Morgan fingerprint density at radius 2 is 1.86 bits per heavy atom. The monoisotopic (exact) mass is 397 g/mol. The number of aryl methyl sites for hydroxylation is 1. The molecular weight excluding hydrogens is 382 g/mol. The molecule has 9 heteroatoms. The summed E-state index contributed by atoms with van der Waals surface area (Å²) in [6.45, 7) is 1.22. The van der Waals surface area contributed by atoms with Gasteiger partial charge in [0.25, 0.3) is 15.7 Å². The Labute approximate surface area is 160 Å². The van der Waals surface area contributed by atoms with Gasteiger partial charge in [-0.05, 0) is 36.1 Å². The van der Waals surface area contributed by atoms with Gasteiger partial charge in [-0.25, -0.2) is 8.42 Å². The number of hydrogen-bond acceptors (Lipinski definition) is 5. The summed E-state index contributed by atoms with van der Waals surface area (Å²) in [7, 11) is -3.88. The highest BCUT2D eigenvalue weighted by Crippen LogP contribution is 2.41. The molecule has 1 N–H and O–H groups in total. The van der Waals surface area contributed by atoms with Gasteiger partial charge in [-0.3, -0.25) is 19.2 Å². The fourth-order valence-electron chi connectivity index (χ4n) is 3.35. The van der Waals surface area contributed by atoms with Crippen LogP contribution in [0.15, 0.2) is 59.5 Å². The van der Waals surface area contributed by atoms with Crippen molar-refractivity contribution < 1.29 is 18.1 Å². The second-order valence-corrected chi connectivity index (χ2v) is 8.30. The molecule has 0 radical (unpaired) electrons. The Kier molecular flexibility index (Phi) is 4.04. The van der Waals surface area contributed by atoms with E-state index in [1.54, 1.807) is 43.3 Å². The van der Waals surface area contributed by atoms with Gasteiger partial charge in [0.05, 0.1) is 15.5 Å². The van der Waals surface area contributed by atoms with Gasteiger partial charge in [0.1, 0.15) is 12.2 Å². The Morgan fingerprint density at radius 1 is 1.14 bits per heavy atom. The molecule has 0 saturated carbocycles. The van der Waals surface area contributed by atoms with Gasteiger partial charge in [-0.2, -0.15) is 0 Å². The number of carbonyl (C=O) groups is 1. The maximum absolute atomic E-state index is 12.9. The average molecular weight is 397 g/mol. The maximum atomic E-state index is 12.9. The van der Waals surface area contributed by atoms with Crippen LogP contribution in [0.3, 0.4) is 0 Å². The lowest BCUT2D eigenvalue weighted by Crippen LogP contribution is -2.35. The van der Waals surface area contributed by atoms with Gasteiger partial charge in [0.2, 0.25) is 5.91 Å². The minimum absolute atomic E-state index is 0.0212. The molecule has 1 amide bonds. The van der Waals surface area contributed by atoms with Gasteiger partial charge in [-0.1, -0.05) is 30.3 Å². The minimum Gasteiger partial charge on any atom is -0.319 e. The summed E-state index contributed by atoms with van der Waals surface area (Å²) in [5.74, 6) is -0.666. The predicted molar refractivity (Wildman–Crippen MR) is 105 cm³/mol. The molecule has 0 aliphatic carbocycles. The SMILES string of the molecule is Cc1ccc(NC(=O)CN2c3cccc4cccc(c34)S2(=O)=O)c([N+](=O)[O-])c1. The Bertz CT molecular complexity index is 1250. The molecule has 0 bridgehead atoms. The fraction of sp³-hybridized carbons (Fsp3) is 0.105. The van der Waals surface area contributed by atoms with E-state index in [9.17, 15) is 23.3 Å². The summed E-state index contributed by atoms with van der Waals surface area (Å²) in [6.07, 6.45) is 0. The van der Waals surface area contributed by atoms with Crippen LogP contribution in [0.2, 0.25) is 0 Å². The normalized spacial score (nSPS) is 14.2. The van der Waals surface area contributed by atoms with Crippen molar-refractivity contribution >= 4 is 43.8 Å². The van der Waals surface area contributed by atoms with E-state index in [0.717, 1.165) is 9.69 Å². The molecule has 0 unspecified atom stereocenters. The van der Waals surface area contributed by atoms with Gasteiger partial charge in [-0.15, -0.1) is 0 Å². The molecule has 0 aromatic heterocycles. The largest absolute Gasteiger partial charge is 0.319 e. The summed E-state index contributed by atoms with van der Waals surface area (Å²) in [6, 6.07) is 14.5. The number of hydrogen-bond donors (Lipinski definition) is 1. The van der Waals surface area contributed by atoms with Crippen LogP contribution in [0.4, 0.5) is 17.1 Å². The van der Waals surface area contributed by atoms with Crippen molar-refractivity contribution in [2.45, 2.75) is 11.8 Å². The number of rotatable bonds is 4. The summed E-state index contributed by atoms with van der Waals surface area (Å²) in [5, 5.41) is 15.0. The van der Waals surface area contributed by atoms with Crippen LogP contribution in [0, 0.1) is 17.0 Å². The zero-order chi connectivity index (χ0) is 20.1. The molecule has 142 valence electrons. The molecule has 28 heavy (non-hydrogen) atoms. The highest BCUT2D eigenvalue weighted by atomic mass is 32.2. The first-order chi connectivity index (χ1) is 13.3. The first kappa shape index (κ1) is 17.9. The van der Waals surface area contributed by atoms with E-state index >= 15 is 0 Å².